The Morgan fingerprint density at radius 3 is 2.33 bits per heavy atom. The highest BCUT2D eigenvalue weighted by Gasteiger charge is 2.08. The van der Waals surface area contributed by atoms with Gasteiger partial charge in [0.2, 0.25) is 11.8 Å². The van der Waals surface area contributed by atoms with Crippen LogP contribution in [0.15, 0.2) is 66.7 Å². The minimum Gasteiger partial charge on any atom is -0.343 e. The number of benzene rings is 3. The van der Waals surface area contributed by atoms with Gasteiger partial charge in [-0.05, 0) is 47.4 Å². The Balaban J connectivity index is 1.59. The third kappa shape index (κ3) is 4.61. The zero-order valence-electron chi connectivity index (χ0n) is 15.5. The molecule has 0 bridgehead atoms. The van der Waals surface area contributed by atoms with Crippen LogP contribution in [0.3, 0.4) is 0 Å². The van der Waals surface area contributed by atoms with Crippen LogP contribution in [0.2, 0.25) is 0 Å². The van der Waals surface area contributed by atoms with Crippen molar-refractivity contribution in [3.8, 4) is 0 Å². The van der Waals surface area contributed by atoms with E-state index in [9.17, 15) is 9.59 Å². The minimum absolute atomic E-state index is 0.0769. The first kappa shape index (κ1) is 18.4. The molecule has 0 spiro atoms. The lowest BCUT2D eigenvalue weighted by molar-refractivity contribution is -0.121. The van der Waals surface area contributed by atoms with Crippen molar-refractivity contribution in [1.82, 2.24) is 5.32 Å². The van der Waals surface area contributed by atoms with Gasteiger partial charge in [0.1, 0.15) is 0 Å². The van der Waals surface area contributed by atoms with Crippen LogP contribution in [0.4, 0.5) is 5.69 Å². The molecule has 3 rings (SSSR count). The number of carbonyl (C=O) groups excluding carboxylic acids is 2. The molecule has 136 valence electrons. The minimum atomic E-state index is -0.306. The van der Waals surface area contributed by atoms with Crippen molar-refractivity contribution in [3.05, 3.63) is 83.4 Å². The molecule has 3 aromatic carbocycles. The molecule has 0 fully saturated rings. The maximum Gasteiger partial charge on any atom is 0.244 e. The molecule has 0 aliphatic heterocycles. The van der Waals surface area contributed by atoms with Crippen LogP contribution < -0.4 is 10.6 Å². The highest BCUT2D eigenvalue weighted by molar-refractivity contribution is 6.00. The zero-order valence-corrected chi connectivity index (χ0v) is 15.5. The molecule has 2 amide bonds. The van der Waals surface area contributed by atoms with Crippen LogP contribution in [-0.2, 0) is 9.59 Å². The summed E-state index contributed by atoms with van der Waals surface area (Å²) in [5.41, 5.74) is 3.74. The average Bonchev–Trinajstić information content (AvgIpc) is 2.67. The topological polar surface area (TPSA) is 58.2 Å². The summed E-state index contributed by atoms with van der Waals surface area (Å²) >= 11 is 0. The molecular weight excluding hydrogens is 336 g/mol. The Morgan fingerprint density at radius 2 is 1.56 bits per heavy atom. The first-order valence-electron chi connectivity index (χ1n) is 8.84. The van der Waals surface area contributed by atoms with Gasteiger partial charge in [-0.2, -0.15) is 0 Å². The van der Waals surface area contributed by atoms with Crippen LogP contribution in [0, 0.1) is 13.8 Å². The van der Waals surface area contributed by atoms with Gasteiger partial charge in [-0.3, -0.25) is 9.59 Å². The molecule has 0 aliphatic rings. The fourth-order valence-electron chi connectivity index (χ4n) is 2.98. The highest BCUT2D eigenvalue weighted by Crippen LogP contribution is 2.20. The smallest absolute Gasteiger partial charge is 0.244 e. The van der Waals surface area contributed by atoms with Crippen molar-refractivity contribution in [2.24, 2.45) is 0 Å². The van der Waals surface area contributed by atoms with Crippen LogP contribution >= 0.6 is 0 Å². The predicted molar refractivity (Wildman–Crippen MR) is 111 cm³/mol. The summed E-state index contributed by atoms with van der Waals surface area (Å²) in [7, 11) is 0. The summed E-state index contributed by atoms with van der Waals surface area (Å²) in [5, 5.41) is 7.68. The highest BCUT2D eigenvalue weighted by atomic mass is 16.2. The van der Waals surface area contributed by atoms with Crippen LogP contribution in [0.25, 0.3) is 16.8 Å². The average molecular weight is 358 g/mol. The Bertz CT molecular complexity index is 996. The van der Waals surface area contributed by atoms with E-state index in [2.05, 4.69) is 10.6 Å². The van der Waals surface area contributed by atoms with Gasteiger partial charge in [0.05, 0.1) is 6.54 Å². The number of amides is 2. The molecule has 4 heteroatoms. The Labute approximate surface area is 158 Å². The van der Waals surface area contributed by atoms with E-state index < -0.39 is 0 Å². The summed E-state index contributed by atoms with van der Waals surface area (Å²) in [6.45, 7) is 3.80. The third-order valence-corrected chi connectivity index (χ3v) is 4.41. The van der Waals surface area contributed by atoms with Crippen molar-refractivity contribution in [2.45, 2.75) is 13.8 Å². The van der Waals surface area contributed by atoms with Crippen molar-refractivity contribution >= 4 is 34.4 Å². The zero-order chi connectivity index (χ0) is 19.2. The second-order valence-electron chi connectivity index (χ2n) is 6.43. The van der Waals surface area contributed by atoms with Gasteiger partial charge in [0.25, 0.3) is 0 Å². The van der Waals surface area contributed by atoms with Gasteiger partial charge in [0, 0.05) is 11.8 Å². The number of hydrogen-bond donors (Lipinski definition) is 2. The fourth-order valence-corrected chi connectivity index (χ4v) is 2.98. The van der Waals surface area contributed by atoms with E-state index in [0.717, 1.165) is 33.2 Å². The summed E-state index contributed by atoms with van der Waals surface area (Å²) in [6.07, 6.45) is 3.22. The lowest BCUT2D eigenvalue weighted by atomic mass is 10.0. The van der Waals surface area contributed by atoms with Gasteiger partial charge < -0.3 is 10.6 Å². The van der Waals surface area contributed by atoms with Crippen LogP contribution in [-0.4, -0.2) is 18.4 Å². The SMILES string of the molecule is Cc1cccc(C)c1NC(=O)CNC(=O)/C=C/c1cccc2ccccc12. The molecule has 0 radical (unpaired) electrons. The van der Waals surface area contributed by atoms with Gasteiger partial charge in [-0.15, -0.1) is 0 Å². The molecule has 3 aromatic rings. The maximum absolute atomic E-state index is 12.1. The third-order valence-electron chi connectivity index (χ3n) is 4.41. The number of rotatable bonds is 5. The first-order chi connectivity index (χ1) is 13.0. The molecule has 0 aliphatic carbocycles. The van der Waals surface area contributed by atoms with E-state index in [-0.39, 0.29) is 18.4 Å². The van der Waals surface area contributed by atoms with Crippen molar-refractivity contribution in [3.63, 3.8) is 0 Å². The Morgan fingerprint density at radius 1 is 0.889 bits per heavy atom. The van der Waals surface area contributed by atoms with E-state index in [0.29, 0.717) is 0 Å². The molecule has 0 heterocycles. The molecular formula is C23H22N2O2. The molecule has 2 N–H and O–H groups in total. The van der Waals surface area contributed by atoms with Crippen LogP contribution in [0.5, 0.6) is 0 Å². The number of fused-ring (bicyclic) bond motifs is 1. The fraction of sp³-hybridized carbons (Fsp3) is 0.130. The second kappa shape index (κ2) is 8.32. The van der Waals surface area contributed by atoms with Gasteiger partial charge in [-0.1, -0.05) is 60.7 Å². The van der Waals surface area contributed by atoms with Crippen molar-refractivity contribution < 1.29 is 9.59 Å². The van der Waals surface area contributed by atoms with Gasteiger partial charge in [-0.25, -0.2) is 0 Å². The van der Waals surface area contributed by atoms with E-state index >= 15 is 0 Å². The van der Waals surface area contributed by atoms with Crippen molar-refractivity contribution in [1.29, 1.82) is 0 Å². The van der Waals surface area contributed by atoms with Gasteiger partial charge >= 0.3 is 0 Å². The van der Waals surface area contributed by atoms with Gasteiger partial charge in [0.15, 0.2) is 0 Å². The molecule has 0 saturated heterocycles. The van der Waals surface area contributed by atoms with E-state index in [1.54, 1.807) is 6.08 Å². The lowest BCUT2D eigenvalue weighted by Gasteiger charge is -2.11. The van der Waals surface area contributed by atoms with Crippen molar-refractivity contribution in [2.75, 3.05) is 11.9 Å². The molecule has 0 aromatic heterocycles. The molecule has 0 saturated carbocycles. The Hall–Kier alpha value is -3.40. The standard InChI is InChI=1S/C23H22N2O2/c1-16-7-5-8-17(2)23(16)25-22(27)15-24-21(26)14-13-19-11-6-10-18-9-3-4-12-20(18)19/h3-14H,15H2,1-2H3,(H,24,26)(H,25,27)/b14-13+. The summed E-state index contributed by atoms with van der Waals surface area (Å²) in [5.74, 6) is -0.557. The lowest BCUT2D eigenvalue weighted by Crippen LogP contribution is -2.32. The monoisotopic (exact) mass is 358 g/mol. The van der Waals surface area contributed by atoms with E-state index in [1.807, 2.05) is 74.5 Å². The number of aryl methyl sites for hydroxylation is 2. The quantitative estimate of drug-likeness (QED) is 0.671. The summed E-state index contributed by atoms with van der Waals surface area (Å²) < 4.78 is 0. The molecule has 27 heavy (non-hydrogen) atoms. The largest absolute Gasteiger partial charge is 0.343 e. The number of carbonyl (C=O) groups is 2. The van der Waals surface area contributed by atoms with Crippen LogP contribution in [0.1, 0.15) is 16.7 Å². The summed E-state index contributed by atoms with van der Waals surface area (Å²) in [6, 6.07) is 19.8. The number of anilines is 1. The molecule has 4 nitrogen and oxygen atoms in total. The molecule has 0 atom stereocenters. The Kier molecular flexibility index (Phi) is 5.67. The number of para-hydroxylation sites is 1. The normalized spacial score (nSPS) is 10.9. The number of nitrogens with one attached hydrogen (secondary N) is 2. The maximum atomic E-state index is 12.1. The number of hydrogen-bond acceptors (Lipinski definition) is 2. The second-order valence-corrected chi connectivity index (χ2v) is 6.43. The predicted octanol–water partition coefficient (Wildman–Crippen LogP) is 4.22. The van der Waals surface area contributed by atoms with E-state index in [4.69, 9.17) is 0 Å². The molecule has 0 unspecified atom stereocenters. The first-order valence-corrected chi connectivity index (χ1v) is 8.84. The summed E-state index contributed by atoms with van der Waals surface area (Å²) in [4.78, 5) is 24.2. The van der Waals surface area contributed by atoms with E-state index in [1.165, 1.54) is 6.08 Å².